The van der Waals surface area contributed by atoms with Crippen molar-refractivity contribution in [3.8, 4) is 0 Å². The fourth-order valence-corrected chi connectivity index (χ4v) is 7.01. The van der Waals surface area contributed by atoms with Crippen molar-refractivity contribution in [2.24, 2.45) is 40.2 Å². The van der Waals surface area contributed by atoms with Gasteiger partial charge in [0, 0.05) is 10.5 Å². The molecular formula is C22H41NO2S. The molecule has 2 aliphatic carbocycles. The molecule has 26 heavy (non-hydrogen) atoms. The monoisotopic (exact) mass is 383 g/mol. The minimum Gasteiger partial charge on any atom is -0.393 e. The normalized spacial score (nSPS) is 42.5. The fraction of sp³-hybridized carbons (Fsp3) is 1.00. The summed E-state index contributed by atoms with van der Waals surface area (Å²) in [7, 11) is 0. The standard InChI is InChI=1S/C22H41NO2S/c1-13(2)18-12-21(15(4)9-19(18)23-25)26-20-11-16(22(5,6)7)10-17(24)8-14(20)3/h13-21,24H,8-12H2,1-7H3. The zero-order chi connectivity index (χ0) is 19.6. The third-order valence-electron chi connectivity index (χ3n) is 7.16. The fourth-order valence-electron chi connectivity index (χ4n) is 5.13. The first-order valence-corrected chi connectivity index (χ1v) is 11.6. The first-order chi connectivity index (χ1) is 12.0. The number of nitroso groups, excluding NO2 is 1. The van der Waals surface area contributed by atoms with Crippen LogP contribution < -0.4 is 0 Å². The highest BCUT2D eigenvalue weighted by atomic mass is 32.2. The lowest BCUT2D eigenvalue weighted by atomic mass is 9.74. The van der Waals surface area contributed by atoms with Crippen molar-refractivity contribution in [1.29, 1.82) is 0 Å². The molecule has 0 heterocycles. The van der Waals surface area contributed by atoms with Gasteiger partial charge >= 0.3 is 0 Å². The number of nitrogens with zero attached hydrogens (tertiary/aromatic N) is 1. The molecule has 0 aromatic rings. The van der Waals surface area contributed by atoms with E-state index in [2.05, 4.69) is 65.4 Å². The van der Waals surface area contributed by atoms with E-state index in [9.17, 15) is 10.0 Å². The minimum atomic E-state index is -0.157. The maximum Gasteiger partial charge on any atom is 0.0953 e. The number of aliphatic hydroxyl groups excluding tert-OH is 1. The van der Waals surface area contributed by atoms with Crippen LogP contribution in [0, 0.1) is 39.9 Å². The lowest BCUT2D eigenvalue weighted by Gasteiger charge is -2.41. The van der Waals surface area contributed by atoms with Gasteiger partial charge in [-0.15, -0.1) is 0 Å². The molecule has 0 aromatic carbocycles. The molecule has 0 aromatic heterocycles. The Morgan fingerprint density at radius 2 is 1.54 bits per heavy atom. The van der Waals surface area contributed by atoms with Gasteiger partial charge in [0.1, 0.15) is 0 Å². The van der Waals surface area contributed by atoms with Crippen molar-refractivity contribution >= 4 is 11.8 Å². The molecule has 8 unspecified atom stereocenters. The van der Waals surface area contributed by atoms with Gasteiger partial charge in [0.2, 0.25) is 0 Å². The van der Waals surface area contributed by atoms with Crippen LogP contribution in [0.5, 0.6) is 0 Å². The summed E-state index contributed by atoms with van der Waals surface area (Å²) in [4.78, 5) is 11.3. The van der Waals surface area contributed by atoms with Gasteiger partial charge in [0.05, 0.1) is 12.1 Å². The van der Waals surface area contributed by atoms with Crippen LogP contribution in [0.2, 0.25) is 0 Å². The molecule has 0 radical (unpaired) electrons. The first-order valence-electron chi connectivity index (χ1n) is 10.7. The summed E-state index contributed by atoms with van der Waals surface area (Å²) in [5.41, 5.74) is 0.245. The van der Waals surface area contributed by atoms with Crippen LogP contribution in [0.15, 0.2) is 5.18 Å². The Balaban J connectivity index is 2.12. The maximum absolute atomic E-state index is 11.3. The molecule has 0 amide bonds. The highest BCUT2D eigenvalue weighted by Crippen LogP contribution is 2.48. The molecule has 8 atom stereocenters. The molecule has 2 fully saturated rings. The van der Waals surface area contributed by atoms with Crippen molar-refractivity contribution in [2.75, 3.05) is 0 Å². The predicted molar refractivity (Wildman–Crippen MR) is 113 cm³/mol. The molecule has 0 bridgehead atoms. The van der Waals surface area contributed by atoms with Crippen LogP contribution in [0.4, 0.5) is 0 Å². The Bertz CT molecular complexity index is 462. The largest absolute Gasteiger partial charge is 0.393 e. The van der Waals surface area contributed by atoms with Crippen molar-refractivity contribution in [3.63, 3.8) is 0 Å². The summed E-state index contributed by atoms with van der Waals surface area (Å²) < 4.78 is 0. The third kappa shape index (κ3) is 5.47. The van der Waals surface area contributed by atoms with Crippen molar-refractivity contribution < 1.29 is 5.11 Å². The van der Waals surface area contributed by atoms with Crippen LogP contribution in [0.3, 0.4) is 0 Å². The van der Waals surface area contributed by atoms with Gasteiger partial charge in [-0.1, -0.05) is 53.6 Å². The van der Waals surface area contributed by atoms with Gasteiger partial charge in [-0.2, -0.15) is 16.7 Å². The van der Waals surface area contributed by atoms with Gasteiger partial charge in [-0.25, -0.2) is 0 Å². The number of thioether (sulfide) groups is 1. The van der Waals surface area contributed by atoms with E-state index in [1.165, 1.54) is 6.42 Å². The molecule has 0 spiro atoms. The Hall–Kier alpha value is -0.0900. The quantitative estimate of drug-likeness (QED) is 0.469. The third-order valence-corrected chi connectivity index (χ3v) is 9.18. The first kappa shape index (κ1) is 22.2. The Morgan fingerprint density at radius 1 is 0.962 bits per heavy atom. The summed E-state index contributed by atoms with van der Waals surface area (Å²) >= 11 is 2.17. The zero-order valence-electron chi connectivity index (χ0n) is 17.9. The Morgan fingerprint density at radius 3 is 2.08 bits per heavy atom. The van der Waals surface area contributed by atoms with E-state index in [1.807, 2.05) is 0 Å². The van der Waals surface area contributed by atoms with E-state index in [1.54, 1.807) is 0 Å². The predicted octanol–water partition coefficient (Wildman–Crippen LogP) is 6.14. The van der Waals surface area contributed by atoms with Crippen molar-refractivity contribution in [2.45, 2.75) is 103 Å². The second kappa shape index (κ2) is 8.94. The van der Waals surface area contributed by atoms with Gasteiger partial charge in [-0.3, -0.25) is 0 Å². The molecule has 2 aliphatic rings. The molecule has 2 rings (SSSR count). The number of hydrogen-bond donors (Lipinski definition) is 1. The molecule has 3 nitrogen and oxygen atoms in total. The summed E-state index contributed by atoms with van der Waals surface area (Å²) in [5.74, 6) is 2.61. The van der Waals surface area contributed by atoms with Crippen LogP contribution in [-0.4, -0.2) is 27.8 Å². The second-order valence-electron chi connectivity index (χ2n) is 10.6. The van der Waals surface area contributed by atoms with Gasteiger partial charge in [0.25, 0.3) is 0 Å². The number of hydrogen-bond acceptors (Lipinski definition) is 4. The molecule has 2 saturated carbocycles. The summed E-state index contributed by atoms with van der Waals surface area (Å²) in [5, 5.41) is 15.2. The van der Waals surface area contributed by atoms with Crippen molar-refractivity contribution in [3.05, 3.63) is 4.91 Å². The van der Waals surface area contributed by atoms with Crippen LogP contribution >= 0.6 is 11.8 Å². The summed E-state index contributed by atoms with van der Waals surface area (Å²) in [6.07, 6.45) is 4.98. The Kier molecular flexibility index (Phi) is 7.63. The van der Waals surface area contributed by atoms with E-state index < -0.39 is 0 Å². The van der Waals surface area contributed by atoms with Crippen LogP contribution in [0.1, 0.15) is 80.6 Å². The van der Waals surface area contributed by atoms with Gasteiger partial charge in [-0.05, 0) is 67.1 Å². The second-order valence-corrected chi connectivity index (χ2v) is 12.1. The molecule has 4 heteroatoms. The Labute approximate surface area is 165 Å². The highest BCUT2D eigenvalue weighted by Gasteiger charge is 2.41. The average molecular weight is 384 g/mol. The minimum absolute atomic E-state index is 0.00227. The van der Waals surface area contributed by atoms with Gasteiger partial charge in [0.15, 0.2) is 0 Å². The van der Waals surface area contributed by atoms with E-state index in [0.717, 1.165) is 25.7 Å². The zero-order valence-corrected chi connectivity index (χ0v) is 18.8. The van der Waals surface area contributed by atoms with E-state index >= 15 is 0 Å². The smallest absolute Gasteiger partial charge is 0.0953 e. The highest BCUT2D eigenvalue weighted by molar-refractivity contribution is 8.00. The number of rotatable bonds is 4. The molecule has 0 saturated heterocycles. The SMILES string of the molecule is CC(C)C1CC(SC2CC(C(C)(C)C)CC(O)CC2C)C(C)CC1N=O. The van der Waals surface area contributed by atoms with E-state index in [4.69, 9.17) is 0 Å². The summed E-state index contributed by atoms with van der Waals surface area (Å²) in [6, 6.07) is -0.00227. The molecule has 152 valence electrons. The maximum atomic E-state index is 11.3. The topological polar surface area (TPSA) is 49.7 Å². The van der Waals surface area contributed by atoms with Gasteiger partial charge < -0.3 is 5.11 Å². The molecule has 1 N–H and O–H groups in total. The summed E-state index contributed by atoms with van der Waals surface area (Å²) in [6.45, 7) is 16.1. The van der Waals surface area contributed by atoms with Crippen molar-refractivity contribution in [1.82, 2.24) is 0 Å². The lowest BCUT2D eigenvalue weighted by Crippen LogP contribution is -2.39. The van der Waals surface area contributed by atoms with E-state index in [-0.39, 0.29) is 17.6 Å². The number of aliphatic hydroxyl groups is 1. The van der Waals surface area contributed by atoms with Crippen LogP contribution in [0.25, 0.3) is 0 Å². The molecular weight excluding hydrogens is 342 g/mol. The van der Waals surface area contributed by atoms with Crippen LogP contribution in [-0.2, 0) is 0 Å². The lowest BCUT2D eigenvalue weighted by molar-refractivity contribution is 0.101. The van der Waals surface area contributed by atoms with E-state index in [0.29, 0.717) is 40.1 Å². The molecule has 0 aliphatic heterocycles. The average Bonchev–Trinajstić information content (AvgIpc) is 2.66.